The van der Waals surface area contributed by atoms with Crippen molar-refractivity contribution in [1.82, 2.24) is 24.9 Å². The molecule has 111 heavy (non-hydrogen) atoms. The van der Waals surface area contributed by atoms with E-state index in [1.807, 2.05) is 128 Å². The van der Waals surface area contributed by atoms with Gasteiger partial charge >= 0.3 is 0 Å². The van der Waals surface area contributed by atoms with E-state index in [-0.39, 0.29) is 38.3 Å². The van der Waals surface area contributed by atoms with E-state index in [1.165, 1.54) is 115 Å². The Morgan fingerprint density at radius 3 is 1.13 bits per heavy atom. The van der Waals surface area contributed by atoms with Gasteiger partial charge in [0.15, 0.2) is 0 Å². The number of nitrogens with zero attached hydrogens (tertiary/aromatic N) is 4. The van der Waals surface area contributed by atoms with Crippen molar-refractivity contribution >= 4 is 35.0 Å². The number of amides is 4. The predicted molar refractivity (Wildman–Crippen MR) is 485 cm³/mol. The van der Waals surface area contributed by atoms with Crippen LogP contribution in [0.5, 0.6) is 0 Å². The van der Waals surface area contributed by atoms with Gasteiger partial charge in [-0.05, 0) is 193 Å². The fraction of sp³-hybridized carbons (Fsp3) is 0.726. The maximum Gasteiger partial charge on any atom is 0.224 e. The van der Waals surface area contributed by atoms with E-state index in [2.05, 4.69) is 154 Å². The summed E-state index contributed by atoms with van der Waals surface area (Å²) in [5, 5.41) is 17.0. The van der Waals surface area contributed by atoms with Gasteiger partial charge in [0, 0.05) is 119 Å². The van der Waals surface area contributed by atoms with Crippen molar-refractivity contribution in [2.45, 2.75) is 296 Å². The smallest absolute Gasteiger partial charge is 0.224 e. The van der Waals surface area contributed by atoms with Crippen molar-refractivity contribution in [3.8, 4) is 0 Å². The number of carbonyl (C=O) groups is 4. The summed E-state index contributed by atoms with van der Waals surface area (Å²) in [5.41, 5.74) is 10.4. The predicted octanol–water partition coefficient (Wildman–Crippen LogP) is 23.9. The zero-order valence-electron chi connectivity index (χ0n) is 74.5. The highest BCUT2D eigenvalue weighted by molar-refractivity contribution is 5.91. The minimum Gasteiger partial charge on any atom is -0.513 e. The second-order valence-corrected chi connectivity index (χ2v) is 33.7. The van der Waals surface area contributed by atoms with Crippen LogP contribution in [0.1, 0.15) is 296 Å². The van der Waals surface area contributed by atoms with Gasteiger partial charge in [-0.1, -0.05) is 236 Å². The van der Waals surface area contributed by atoms with Crippen molar-refractivity contribution < 1.29 is 38.5 Å². The number of anilines is 2. The highest BCUT2D eigenvalue weighted by atomic mass is 16.5. The van der Waals surface area contributed by atoms with Gasteiger partial charge in [0.2, 0.25) is 23.6 Å². The molecule has 6 rings (SSSR count). The summed E-state index contributed by atoms with van der Waals surface area (Å²) in [4.78, 5) is 54.5. The first-order valence-corrected chi connectivity index (χ1v) is 42.4. The minimum atomic E-state index is 0. The van der Waals surface area contributed by atoms with Crippen molar-refractivity contribution in [1.29, 1.82) is 0 Å². The van der Waals surface area contributed by atoms with E-state index in [1.54, 1.807) is 0 Å². The minimum absolute atomic E-state index is 0. The maximum absolute atomic E-state index is 11.5. The number of piperidine rings is 3. The van der Waals surface area contributed by atoms with Crippen LogP contribution in [-0.2, 0) is 33.4 Å². The molecule has 4 aliphatic heterocycles. The van der Waals surface area contributed by atoms with Gasteiger partial charge in [-0.25, -0.2) is 0 Å². The highest BCUT2D eigenvalue weighted by Crippen LogP contribution is 2.20. The molecule has 16 nitrogen and oxygen atoms in total. The zero-order chi connectivity index (χ0) is 83.5. The fourth-order valence-electron chi connectivity index (χ4n) is 11.4. The Kier molecular flexibility index (Phi) is 79.8. The molecule has 0 aromatic heterocycles. The van der Waals surface area contributed by atoms with E-state index in [9.17, 15) is 19.2 Å². The summed E-state index contributed by atoms with van der Waals surface area (Å²) in [6.07, 6.45) is 21.9. The van der Waals surface area contributed by atoms with Gasteiger partial charge in [0.25, 0.3) is 0 Å². The number of aliphatic hydroxyl groups excluding tert-OH is 1. The number of nitrogens with two attached hydrogens (primary N) is 1. The monoisotopic (exact) mass is 1560 g/mol. The summed E-state index contributed by atoms with van der Waals surface area (Å²) in [6.45, 7) is 80.8. The third kappa shape index (κ3) is 84.6. The van der Waals surface area contributed by atoms with Gasteiger partial charge in [-0.15, -0.1) is 0 Å². The van der Waals surface area contributed by atoms with Gasteiger partial charge < -0.3 is 60.6 Å². The van der Waals surface area contributed by atoms with Crippen LogP contribution >= 0.6 is 0 Å². The molecule has 4 fully saturated rings. The molecule has 2 aromatic rings. The number of hydrogen-bond donors (Lipinski definition) is 5. The number of aliphatic hydroxyl groups is 1. The molecular weight excluding hydrogens is 1380 g/mol. The van der Waals surface area contributed by atoms with Crippen molar-refractivity contribution in [2.24, 2.45) is 64.9 Å². The lowest BCUT2D eigenvalue weighted by atomic mass is 10.1. The third-order valence-electron chi connectivity index (χ3n) is 16.5. The van der Waals surface area contributed by atoms with E-state index >= 15 is 0 Å². The summed E-state index contributed by atoms with van der Waals surface area (Å²) >= 11 is 0. The van der Waals surface area contributed by atoms with Crippen LogP contribution in [0.2, 0.25) is 0 Å². The summed E-state index contributed by atoms with van der Waals surface area (Å²) in [6, 6.07) is 19.0. The molecule has 4 aliphatic rings. The molecule has 2 aromatic carbocycles. The topological polar surface area (TPSA) is 191 Å². The van der Waals surface area contributed by atoms with Gasteiger partial charge in [0.05, 0.1) is 31.3 Å². The first-order chi connectivity index (χ1) is 51.3. The van der Waals surface area contributed by atoms with Crippen LogP contribution in [-0.4, -0.2) is 147 Å². The molecular formula is C95H180N8O8. The van der Waals surface area contributed by atoms with Crippen LogP contribution < -0.4 is 21.7 Å². The Hall–Kier alpha value is -6.10. The number of hydrogen-bond acceptors (Lipinski definition) is 12. The van der Waals surface area contributed by atoms with Crippen LogP contribution in [0.4, 0.5) is 11.4 Å². The van der Waals surface area contributed by atoms with Crippen LogP contribution in [0.25, 0.3) is 0 Å². The molecule has 0 unspecified atom stereocenters. The second-order valence-electron chi connectivity index (χ2n) is 33.7. The first kappa shape index (κ1) is 116. The lowest BCUT2D eigenvalue weighted by Crippen LogP contribution is -2.36. The molecule has 0 saturated carbocycles. The molecule has 4 amide bonds. The summed E-state index contributed by atoms with van der Waals surface area (Å²) in [5.74, 6) is 7.75. The van der Waals surface area contributed by atoms with Gasteiger partial charge in [0.1, 0.15) is 6.61 Å². The van der Waals surface area contributed by atoms with Gasteiger partial charge in [-0.2, -0.15) is 0 Å². The van der Waals surface area contributed by atoms with E-state index in [4.69, 9.17) is 25.1 Å². The SMILES string of the molecule is C.C.C=C(CC(C)C)N1CCCCC1.C=C(CC(C)C)N1CCOCC1.C=C(CC(C)C)OCCOCC.C=C(N)CC(C)C.C=C(O)CC(C)C.CC(C)CC(=O)N1CCCCC1.CC(C)CC(=O)Nc1ccccc1.CC(C)CC(=O)Nc1ccccc1.CC(C)CCN1CCCCC1.CCCNC(=O)CC(C)C. The zero-order valence-corrected chi connectivity index (χ0v) is 74.5. The number of likely N-dealkylation sites (tertiary alicyclic amines) is 3. The quantitative estimate of drug-likeness (QED) is 0.0345. The van der Waals surface area contributed by atoms with Crippen LogP contribution in [0.15, 0.2) is 122 Å². The van der Waals surface area contributed by atoms with E-state index in [0.717, 1.165) is 126 Å². The number of para-hydroxylation sites is 2. The fourth-order valence-corrected chi connectivity index (χ4v) is 11.4. The first-order valence-electron chi connectivity index (χ1n) is 42.4. The maximum atomic E-state index is 11.5. The normalized spacial score (nSPS) is 13.6. The van der Waals surface area contributed by atoms with E-state index < -0.39 is 0 Å². The number of nitrogens with one attached hydrogen (secondary N) is 3. The Morgan fingerprint density at radius 2 is 0.802 bits per heavy atom. The van der Waals surface area contributed by atoms with Crippen molar-refractivity contribution in [3.63, 3.8) is 0 Å². The Labute approximate surface area is 686 Å². The Balaban J connectivity index is -0.000000277. The highest BCUT2D eigenvalue weighted by Gasteiger charge is 2.18. The summed E-state index contributed by atoms with van der Waals surface area (Å²) < 4.78 is 15.7. The third-order valence-corrected chi connectivity index (χ3v) is 16.5. The molecule has 0 aliphatic carbocycles. The number of carbonyl (C=O) groups excluding carboxylic acids is 4. The van der Waals surface area contributed by atoms with Crippen LogP contribution in [0, 0.1) is 59.2 Å². The number of benzene rings is 2. The molecule has 6 N–H and O–H groups in total. The Bertz CT molecular complexity index is 2380. The summed E-state index contributed by atoms with van der Waals surface area (Å²) in [7, 11) is 0. The number of morpholine rings is 1. The van der Waals surface area contributed by atoms with Crippen molar-refractivity contribution in [3.05, 3.63) is 122 Å². The number of ether oxygens (including phenoxy) is 3. The second kappa shape index (κ2) is 76.5. The van der Waals surface area contributed by atoms with Gasteiger partial charge in [-0.3, -0.25) is 19.2 Å². The Morgan fingerprint density at radius 1 is 0.441 bits per heavy atom. The van der Waals surface area contributed by atoms with Crippen molar-refractivity contribution in [2.75, 3.05) is 109 Å². The lowest BCUT2D eigenvalue weighted by molar-refractivity contribution is -0.133. The average molecular weight is 1560 g/mol. The molecule has 0 atom stereocenters. The molecule has 4 heterocycles. The lowest BCUT2D eigenvalue weighted by Gasteiger charge is -2.31. The average Bonchev–Trinajstić information content (AvgIpc) is 0.976. The molecule has 4 saturated heterocycles. The number of allylic oxidation sites excluding steroid dienone is 5. The molecule has 16 heteroatoms. The number of rotatable bonds is 32. The van der Waals surface area contributed by atoms with Crippen LogP contribution in [0.3, 0.4) is 0 Å². The molecule has 648 valence electrons. The standard InChI is InChI=1S/2C11H15NO.C11H21N.2C10H19NO.C10H21N.C10H20O2.C8H17NO.C6H13N.C6H12O.2CH4/c2*1-9(2)8-11(13)12-10-6-4-3-5-7-10;1-10(2)9-11(3)12-7-5-4-6-8-12;1-9(2)8-10(3)11-4-6-12-7-5-11;1-9(2)8-10(12)11-6-4-3-5-7-11;1-10(2)6-9-11-7-4-3-5-8-11;1-5-11-6-7-12-10(4)8-9(2)3;1-4-5-9-8(10)6-7(2)3;2*1-5(2)4-6(3)7;;/h2*3-7,9H,8H2,1-2H3,(H,12,13);10H,3-9H2,1-2H3;2*9H,3-8H2,1-2H3;10H,3-9H2,1-2H3;9H,4-8H2,1-3H3;7H,4-6H2,1-3H3,(H,9,10);5H,3-4,7H2,1-2H3;5,7H,3-4H2,1-2H3;2*1H4. The molecule has 0 spiro atoms. The molecule has 0 bridgehead atoms. The largest absolute Gasteiger partial charge is 0.513 e. The van der Waals surface area contributed by atoms with E-state index in [0.29, 0.717) is 85.7 Å². The molecule has 0 radical (unpaired) electrons.